The van der Waals surface area contributed by atoms with Crippen LogP contribution >= 0.6 is 11.6 Å². The SMILES string of the molecule is CNCCc1nc2cc(F)cc(Cl)c2o1. The van der Waals surface area contributed by atoms with Gasteiger partial charge < -0.3 is 9.73 Å². The van der Waals surface area contributed by atoms with E-state index in [1.807, 2.05) is 7.05 Å². The molecule has 3 nitrogen and oxygen atoms in total. The molecular formula is C10H10ClFN2O. The third-order valence-corrected chi connectivity index (χ3v) is 2.32. The van der Waals surface area contributed by atoms with E-state index >= 15 is 0 Å². The fourth-order valence-electron chi connectivity index (χ4n) is 1.34. The van der Waals surface area contributed by atoms with Crippen LogP contribution in [-0.2, 0) is 6.42 Å². The first-order chi connectivity index (χ1) is 7.20. The van der Waals surface area contributed by atoms with Gasteiger partial charge in [0.2, 0.25) is 0 Å². The van der Waals surface area contributed by atoms with Crippen molar-refractivity contribution in [3.8, 4) is 0 Å². The molecule has 1 N–H and O–H groups in total. The van der Waals surface area contributed by atoms with Crippen molar-refractivity contribution >= 4 is 22.7 Å². The summed E-state index contributed by atoms with van der Waals surface area (Å²) in [5.74, 6) is 0.160. The Kier molecular flexibility index (Phi) is 2.88. The summed E-state index contributed by atoms with van der Waals surface area (Å²) in [7, 11) is 1.84. The Bertz CT molecular complexity index is 483. The van der Waals surface area contributed by atoms with Gasteiger partial charge in [-0.2, -0.15) is 0 Å². The second kappa shape index (κ2) is 4.16. The number of likely N-dealkylation sites (N-methyl/N-ethyl adjacent to an activating group) is 1. The van der Waals surface area contributed by atoms with Crippen LogP contribution in [0, 0.1) is 5.82 Å². The first-order valence-electron chi connectivity index (χ1n) is 4.60. The summed E-state index contributed by atoms with van der Waals surface area (Å²) in [6.45, 7) is 0.757. The Morgan fingerprint density at radius 2 is 2.33 bits per heavy atom. The highest BCUT2D eigenvalue weighted by molar-refractivity contribution is 6.34. The molecule has 80 valence electrons. The molecule has 0 saturated carbocycles. The van der Waals surface area contributed by atoms with E-state index in [0.717, 1.165) is 6.54 Å². The highest BCUT2D eigenvalue weighted by atomic mass is 35.5. The van der Waals surface area contributed by atoms with Gasteiger partial charge in [-0.05, 0) is 13.1 Å². The molecule has 15 heavy (non-hydrogen) atoms. The monoisotopic (exact) mass is 228 g/mol. The summed E-state index contributed by atoms with van der Waals surface area (Å²) in [6, 6.07) is 2.53. The highest BCUT2D eigenvalue weighted by Crippen LogP contribution is 2.25. The van der Waals surface area contributed by atoms with E-state index in [2.05, 4.69) is 10.3 Å². The number of fused-ring (bicyclic) bond motifs is 1. The number of nitrogens with zero attached hydrogens (tertiary/aromatic N) is 1. The van der Waals surface area contributed by atoms with Crippen molar-refractivity contribution < 1.29 is 8.81 Å². The molecule has 0 atom stereocenters. The molecule has 0 spiro atoms. The third kappa shape index (κ3) is 2.11. The van der Waals surface area contributed by atoms with Crippen LogP contribution in [0.2, 0.25) is 5.02 Å². The highest BCUT2D eigenvalue weighted by Gasteiger charge is 2.10. The lowest BCUT2D eigenvalue weighted by molar-refractivity contribution is 0.522. The Morgan fingerprint density at radius 3 is 3.07 bits per heavy atom. The molecule has 1 aromatic carbocycles. The van der Waals surface area contributed by atoms with Crippen molar-refractivity contribution in [3.63, 3.8) is 0 Å². The first kappa shape index (κ1) is 10.4. The predicted molar refractivity (Wildman–Crippen MR) is 56.6 cm³/mol. The van der Waals surface area contributed by atoms with E-state index in [1.165, 1.54) is 12.1 Å². The van der Waals surface area contributed by atoms with Crippen molar-refractivity contribution in [3.05, 3.63) is 28.9 Å². The van der Waals surface area contributed by atoms with Crippen molar-refractivity contribution in [2.75, 3.05) is 13.6 Å². The van der Waals surface area contributed by atoms with Gasteiger partial charge in [-0.15, -0.1) is 0 Å². The standard InChI is InChI=1S/C10H10ClFN2O/c1-13-3-2-9-14-8-5-6(12)4-7(11)10(8)15-9/h4-5,13H,2-3H2,1H3. The zero-order valence-corrected chi connectivity index (χ0v) is 8.94. The van der Waals surface area contributed by atoms with E-state index in [0.29, 0.717) is 23.4 Å². The van der Waals surface area contributed by atoms with Gasteiger partial charge in [0.05, 0.1) is 5.02 Å². The number of halogens is 2. The number of oxazole rings is 1. The van der Waals surface area contributed by atoms with Gasteiger partial charge in [0.1, 0.15) is 11.3 Å². The molecule has 0 aliphatic rings. The zero-order chi connectivity index (χ0) is 10.8. The fourth-order valence-corrected chi connectivity index (χ4v) is 1.58. The average Bonchev–Trinajstić information content (AvgIpc) is 2.57. The molecule has 0 aliphatic heterocycles. The normalized spacial score (nSPS) is 11.1. The summed E-state index contributed by atoms with van der Waals surface area (Å²) in [6.07, 6.45) is 0.656. The number of rotatable bonds is 3. The van der Waals surface area contributed by atoms with Crippen LogP contribution in [0.25, 0.3) is 11.1 Å². The molecule has 0 amide bonds. The van der Waals surface area contributed by atoms with Gasteiger partial charge >= 0.3 is 0 Å². The summed E-state index contributed by atoms with van der Waals surface area (Å²) in [5, 5.41) is 3.24. The lowest BCUT2D eigenvalue weighted by Crippen LogP contribution is -2.10. The van der Waals surface area contributed by atoms with Crippen molar-refractivity contribution in [2.24, 2.45) is 0 Å². The van der Waals surface area contributed by atoms with Crippen LogP contribution in [0.1, 0.15) is 5.89 Å². The minimum atomic E-state index is -0.402. The van der Waals surface area contributed by atoms with Crippen LogP contribution in [-0.4, -0.2) is 18.6 Å². The summed E-state index contributed by atoms with van der Waals surface area (Å²) in [4.78, 5) is 4.14. The molecule has 0 bridgehead atoms. The number of hydrogen-bond acceptors (Lipinski definition) is 3. The lowest BCUT2D eigenvalue weighted by atomic mass is 10.3. The number of benzene rings is 1. The largest absolute Gasteiger partial charge is 0.439 e. The third-order valence-electron chi connectivity index (χ3n) is 2.04. The maximum atomic E-state index is 13.0. The van der Waals surface area contributed by atoms with Crippen LogP contribution in [0.5, 0.6) is 0 Å². The molecular weight excluding hydrogens is 219 g/mol. The van der Waals surface area contributed by atoms with Gasteiger partial charge in [0.25, 0.3) is 0 Å². The van der Waals surface area contributed by atoms with Crippen molar-refractivity contribution in [1.82, 2.24) is 10.3 Å². The molecule has 1 aromatic heterocycles. The van der Waals surface area contributed by atoms with Crippen LogP contribution < -0.4 is 5.32 Å². The van der Waals surface area contributed by atoms with Crippen LogP contribution in [0.4, 0.5) is 4.39 Å². The Balaban J connectivity index is 2.41. The van der Waals surface area contributed by atoms with Gasteiger partial charge in [-0.25, -0.2) is 9.37 Å². The Morgan fingerprint density at radius 1 is 1.53 bits per heavy atom. The molecule has 0 unspecified atom stereocenters. The van der Waals surface area contributed by atoms with Crippen molar-refractivity contribution in [1.29, 1.82) is 0 Å². The molecule has 0 fully saturated rings. The van der Waals surface area contributed by atoms with Gasteiger partial charge in [0.15, 0.2) is 11.5 Å². The molecule has 0 radical (unpaired) electrons. The van der Waals surface area contributed by atoms with Crippen molar-refractivity contribution in [2.45, 2.75) is 6.42 Å². The van der Waals surface area contributed by atoms with E-state index in [1.54, 1.807) is 0 Å². The van der Waals surface area contributed by atoms with Gasteiger partial charge in [-0.3, -0.25) is 0 Å². The topological polar surface area (TPSA) is 38.1 Å². The predicted octanol–water partition coefficient (Wildman–Crippen LogP) is 2.38. The fraction of sp³-hybridized carbons (Fsp3) is 0.300. The van der Waals surface area contributed by atoms with E-state index in [-0.39, 0.29) is 5.02 Å². The summed E-state index contributed by atoms with van der Waals surface area (Å²) >= 11 is 5.82. The maximum absolute atomic E-state index is 13.0. The van der Waals surface area contributed by atoms with Gasteiger partial charge in [0, 0.05) is 19.0 Å². The molecule has 5 heteroatoms. The maximum Gasteiger partial charge on any atom is 0.196 e. The molecule has 0 saturated heterocycles. The smallest absolute Gasteiger partial charge is 0.196 e. The Hall–Kier alpha value is -1.13. The van der Waals surface area contributed by atoms with Gasteiger partial charge in [-0.1, -0.05) is 11.6 Å². The van der Waals surface area contributed by atoms with E-state index in [4.69, 9.17) is 16.0 Å². The zero-order valence-electron chi connectivity index (χ0n) is 8.18. The summed E-state index contributed by atoms with van der Waals surface area (Å²) in [5.41, 5.74) is 0.912. The number of nitrogens with one attached hydrogen (secondary N) is 1. The number of hydrogen-bond donors (Lipinski definition) is 1. The van der Waals surface area contributed by atoms with E-state index < -0.39 is 5.82 Å². The summed E-state index contributed by atoms with van der Waals surface area (Å²) < 4.78 is 18.4. The van der Waals surface area contributed by atoms with Crippen LogP contribution in [0.15, 0.2) is 16.5 Å². The molecule has 2 aromatic rings. The van der Waals surface area contributed by atoms with Crippen LogP contribution in [0.3, 0.4) is 0 Å². The molecule has 0 aliphatic carbocycles. The minimum absolute atomic E-state index is 0.258. The average molecular weight is 229 g/mol. The quantitative estimate of drug-likeness (QED) is 0.877. The molecule has 2 rings (SSSR count). The first-order valence-corrected chi connectivity index (χ1v) is 4.97. The lowest BCUT2D eigenvalue weighted by Gasteiger charge is -1.92. The Labute approximate surface area is 91.2 Å². The second-order valence-electron chi connectivity index (χ2n) is 3.20. The minimum Gasteiger partial charge on any atom is -0.439 e. The number of aromatic nitrogens is 1. The second-order valence-corrected chi connectivity index (χ2v) is 3.60. The van der Waals surface area contributed by atoms with E-state index in [9.17, 15) is 4.39 Å². The molecule has 1 heterocycles.